The van der Waals surface area contributed by atoms with Gasteiger partial charge in [0.05, 0.1) is 16.2 Å². The maximum atomic E-state index is 12.6. The lowest BCUT2D eigenvalue weighted by molar-refractivity contribution is -0.384. The SMILES string of the molecule is CN(C)NC(=O)c1cc([N+](=O)[O-])ccc1N1CCC(Cc2ccccc2)CC1. The molecule has 148 valence electrons. The van der Waals surface area contributed by atoms with Crippen LogP contribution in [0.3, 0.4) is 0 Å². The molecule has 1 saturated heterocycles. The fourth-order valence-electron chi connectivity index (χ4n) is 3.68. The van der Waals surface area contributed by atoms with Crippen molar-refractivity contribution >= 4 is 17.3 Å². The largest absolute Gasteiger partial charge is 0.371 e. The second-order valence-corrected chi connectivity index (χ2v) is 7.41. The van der Waals surface area contributed by atoms with E-state index in [1.807, 2.05) is 6.07 Å². The van der Waals surface area contributed by atoms with Crippen molar-refractivity contribution in [1.29, 1.82) is 0 Å². The first-order valence-electron chi connectivity index (χ1n) is 9.49. The van der Waals surface area contributed by atoms with Crippen molar-refractivity contribution < 1.29 is 9.72 Å². The molecule has 0 atom stereocenters. The van der Waals surface area contributed by atoms with Crippen LogP contribution in [0.25, 0.3) is 0 Å². The predicted octanol–water partition coefficient (Wildman–Crippen LogP) is 3.26. The van der Waals surface area contributed by atoms with Crippen LogP contribution in [0.1, 0.15) is 28.8 Å². The summed E-state index contributed by atoms with van der Waals surface area (Å²) in [5.41, 5.74) is 5.05. The molecule has 7 heteroatoms. The van der Waals surface area contributed by atoms with Crippen LogP contribution < -0.4 is 10.3 Å². The summed E-state index contributed by atoms with van der Waals surface area (Å²) < 4.78 is 0. The minimum absolute atomic E-state index is 0.0772. The van der Waals surface area contributed by atoms with Crippen molar-refractivity contribution in [3.05, 3.63) is 69.8 Å². The standard InChI is InChI=1S/C21H26N4O3/c1-23(2)22-21(26)19-15-18(25(27)28)8-9-20(19)24-12-10-17(11-13-24)14-16-6-4-3-5-7-16/h3-9,15,17H,10-14H2,1-2H3,(H,22,26). The highest BCUT2D eigenvalue weighted by molar-refractivity contribution is 6.00. The van der Waals surface area contributed by atoms with Crippen LogP contribution in [0.2, 0.25) is 0 Å². The zero-order valence-electron chi connectivity index (χ0n) is 16.3. The second kappa shape index (κ2) is 8.84. The van der Waals surface area contributed by atoms with Crippen molar-refractivity contribution in [3.8, 4) is 0 Å². The van der Waals surface area contributed by atoms with Crippen molar-refractivity contribution in [3.63, 3.8) is 0 Å². The molecule has 7 nitrogen and oxygen atoms in total. The van der Waals surface area contributed by atoms with Gasteiger partial charge in [0.2, 0.25) is 0 Å². The van der Waals surface area contributed by atoms with Crippen LogP contribution >= 0.6 is 0 Å². The van der Waals surface area contributed by atoms with E-state index in [0.717, 1.165) is 38.0 Å². The monoisotopic (exact) mass is 382 g/mol. The van der Waals surface area contributed by atoms with Gasteiger partial charge in [0, 0.05) is 39.3 Å². The van der Waals surface area contributed by atoms with Gasteiger partial charge in [-0.25, -0.2) is 5.01 Å². The summed E-state index contributed by atoms with van der Waals surface area (Å²) in [4.78, 5) is 25.4. The lowest BCUT2D eigenvalue weighted by Gasteiger charge is -2.34. The number of benzene rings is 2. The normalized spacial score (nSPS) is 14.9. The van der Waals surface area contributed by atoms with Gasteiger partial charge >= 0.3 is 0 Å². The molecule has 1 heterocycles. The number of carbonyl (C=O) groups excluding carboxylic acids is 1. The topological polar surface area (TPSA) is 78.7 Å². The van der Waals surface area contributed by atoms with E-state index < -0.39 is 4.92 Å². The first-order valence-corrected chi connectivity index (χ1v) is 9.49. The number of nitro groups is 1. The molecular formula is C21H26N4O3. The van der Waals surface area contributed by atoms with Gasteiger partial charge < -0.3 is 4.90 Å². The molecule has 0 radical (unpaired) electrons. The molecule has 0 spiro atoms. The zero-order valence-corrected chi connectivity index (χ0v) is 16.3. The smallest absolute Gasteiger partial charge is 0.270 e. The fraction of sp³-hybridized carbons (Fsp3) is 0.381. The summed E-state index contributed by atoms with van der Waals surface area (Å²) in [5.74, 6) is 0.269. The Morgan fingerprint density at radius 3 is 2.46 bits per heavy atom. The van der Waals surface area contributed by atoms with Gasteiger partial charge in [0.25, 0.3) is 11.6 Å². The quantitative estimate of drug-likeness (QED) is 0.613. The average Bonchev–Trinajstić information content (AvgIpc) is 2.68. The number of nitrogens with one attached hydrogen (secondary N) is 1. The summed E-state index contributed by atoms with van der Waals surface area (Å²) >= 11 is 0. The Morgan fingerprint density at radius 2 is 1.86 bits per heavy atom. The number of piperidine rings is 1. The van der Waals surface area contributed by atoms with Crippen LogP contribution in [0.4, 0.5) is 11.4 Å². The summed E-state index contributed by atoms with van der Waals surface area (Å²) in [6.45, 7) is 1.66. The Balaban J connectivity index is 1.74. The molecule has 0 saturated carbocycles. The van der Waals surface area contributed by atoms with Crippen molar-refractivity contribution in [2.45, 2.75) is 19.3 Å². The third-order valence-corrected chi connectivity index (χ3v) is 5.08. The summed E-state index contributed by atoms with van der Waals surface area (Å²) in [5, 5.41) is 12.7. The summed E-state index contributed by atoms with van der Waals surface area (Å²) in [7, 11) is 3.42. The Hall–Kier alpha value is -2.93. The number of rotatable bonds is 6. The van der Waals surface area contributed by atoms with Crippen LogP contribution in [-0.4, -0.2) is 43.0 Å². The molecule has 2 aromatic carbocycles. The first-order chi connectivity index (χ1) is 13.4. The summed E-state index contributed by atoms with van der Waals surface area (Å²) in [6.07, 6.45) is 3.12. The van der Waals surface area contributed by atoms with Crippen LogP contribution in [0, 0.1) is 16.0 Å². The number of non-ortho nitro benzene ring substituents is 1. The maximum Gasteiger partial charge on any atom is 0.270 e. The molecule has 0 aromatic heterocycles. The van der Waals surface area contributed by atoms with Crippen LogP contribution in [0.5, 0.6) is 0 Å². The molecular weight excluding hydrogens is 356 g/mol. The van der Waals surface area contributed by atoms with E-state index in [0.29, 0.717) is 11.5 Å². The van der Waals surface area contributed by atoms with Gasteiger partial charge in [-0.05, 0) is 36.8 Å². The zero-order chi connectivity index (χ0) is 20.1. The van der Waals surface area contributed by atoms with Gasteiger partial charge in [-0.1, -0.05) is 30.3 Å². The van der Waals surface area contributed by atoms with Gasteiger partial charge in [-0.2, -0.15) is 0 Å². The highest BCUT2D eigenvalue weighted by Gasteiger charge is 2.25. The van der Waals surface area contributed by atoms with E-state index in [-0.39, 0.29) is 11.6 Å². The second-order valence-electron chi connectivity index (χ2n) is 7.41. The van der Waals surface area contributed by atoms with Gasteiger partial charge in [-0.3, -0.25) is 20.3 Å². The highest BCUT2D eigenvalue weighted by Crippen LogP contribution is 2.30. The van der Waals surface area contributed by atoms with E-state index in [1.54, 1.807) is 20.2 Å². The molecule has 3 rings (SSSR count). The van der Waals surface area contributed by atoms with Crippen molar-refractivity contribution in [2.75, 3.05) is 32.1 Å². The fourth-order valence-corrected chi connectivity index (χ4v) is 3.68. The molecule has 0 aliphatic carbocycles. The lowest BCUT2D eigenvalue weighted by atomic mass is 9.89. The number of nitro benzene ring substituents is 1. The van der Waals surface area contributed by atoms with E-state index in [4.69, 9.17) is 0 Å². The Labute approximate surface area is 165 Å². The molecule has 1 fully saturated rings. The van der Waals surface area contributed by atoms with Crippen LogP contribution in [0.15, 0.2) is 48.5 Å². The molecule has 1 amide bonds. The maximum absolute atomic E-state index is 12.6. The number of anilines is 1. The molecule has 2 aromatic rings. The Morgan fingerprint density at radius 1 is 1.18 bits per heavy atom. The Kier molecular flexibility index (Phi) is 6.26. The van der Waals surface area contributed by atoms with Crippen molar-refractivity contribution in [2.24, 2.45) is 5.92 Å². The van der Waals surface area contributed by atoms with E-state index >= 15 is 0 Å². The number of nitrogens with zero attached hydrogens (tertiary/aromatic N) is 3. The minimum Gasteiger partial charge on any atom is -0.371 e. The third kappa shape index (κ3) is 4.86. The highest BCUT2D eigenvalue weighted by atomic mass is 16.6. The van der Waals surface area contributed by atoms with E-state index in [1.165, 1.54) is 22.7 Å². The van der Waals surface area contributed by atoms with Gasteiger partial charge in [0.15, 0.2) is 0 Å². The van der Waals surface area contributed by atoms with Gasteiger partial charge in [0.1, 0.15) is 0 Å². The minimum atomic E-state index is -0.470. The van der Waals surface area contributed by atoms with Crippen LogP contribution in [-0.2, 0) is 6.42 Å². The third-order valence-electron chi connectivity index (χ3n) is 5.08. The van der Waals surface area contributed by atoms with E-state index in [9.17, 15) is 14.9 Å². The molecule has 28 heavy (non-hydrogen) atoms. The molecule has 1 aliphatic rings. The Bertz CT molecular complexity index is 831. The number of amides is 1. The molecule has 0 bridgehead atoms. The predicted molar refractivity (Wildman–Crippen MR) is 109 cm³/mol. The molecule has 1 aliphatic heterocycles. The van der Waals surface area contributed by atoms with E-state index in [2.05, 4.69) is 34.6 Å². The van der Waals surface area contributed by atoms with Crippen molar-refractivity contribution in [1.82, 2.24) is 10.4 Å². The summed E-state index contributed by atoms with van der Waals surface area (Å²) in [6, 6.07) is 15.0. The number of hydrazine groups is 1. The van der Waals surface area contributed by atoms with Gasteiger partial charge in [-0.15, -0.1) is 0 Å². The number of hydrogen-bond donors (Lipinski definition) is 1. The first kappa shape index (κ1) is 19.8. The number of hydrogen-bond acceptors (Lipinski definition) is 5. The number of carbonyl (C=O) groups is 1. The molecule has 1 N–H and O–H groups in total. The average molecular weight is 382 g/mol. The molecule has 0 unspecified atom stereocenters. The lowest BCUT2D eigenvalue weighted by Crippen LogP contribution is -2.39.